The van der Waals surface area contributed by atoms with Crippen LogP contribution in [-0.2, 0) is 9.59 Å². The van der Waals surface area contributed by atoms with E-state index in [4.69, 9.17) is 11.6 Å². The predicted octanol–water partition coefficient (Wildman–Crippen LogP) is 2.61. The van der Waals surface area contributed by atoms with Crippen molar-refractivity contribution in [3.05, 3.63) is 29.3 Å². The molecule has 0 saturated heterocycles. The summed E-state index contributed by atoms with van der Waals surface area (Å²) < 4.78 is 0. The van der Waals surface area contributed by atoms with Gasteiger partial charge in [-0.3, -0.25) is 9.59 Å². The summed E-state index contributed by atoms with van der Waals surface area (Å²) >= 11 is 5.81. The van der Waals surface area contributed by atoms with E-state index in [0.717, 1.165) is 12.1 Å². The largest absolute Gasteiger partial charge is 0.356 e. The maximum absolute atomic E-state index is 11.6. The number of benzene rings is 1. The lowest BCUT2D eigenvalue weighted by Gasteiger charge is -2.21. The molecule has 5 heteroatoms. The molecule has 1 N–H and O–H groups in total. The fourth-order valence-corrected chi connectivity index (χ4v) is 1.78. The van der Waals surface area contributed by atoms with E-state index in [9.17, 15) is 9.59 Å². The number of carbonyl (C=O) groups is 2. The minimum atomic E-state index is -0.0920. The van der Waals surface area contributed by atoms with Gasteiger partial charge in [-0.25, -0.2) is 0 Å². The molecule has 0 saturated carbocycles. The molecule has 0 unspecified atom stereocenters. The van der Waals surface area contributed by atoms with E-state index in [-0.39, 0.29) is 11.8 Å². The van der Waals surface area contributed by atoms with Crippen molar-refractivity contribution in [3.63, 3.8) is 0 Å². The fourth-order valence-electron chi connectivity index (χ4n) is 1.66. The number of anilines is 1. The van der Waals surface area contributed by atoms with Gasteiger partial charge in [-0.1, -0.05) is 18.5 Å². The van der Waals surface area contributed by atoms with Crippen LogP contribution in [0.1, 0.15) is 26.7 Å². The van der Waals surface area contributed by atoms with E-state index < -0.39 is 0 Å². The molecule has 0 bridgehead atoms. The van der Waals surface area contributed by atoms with Crippen LogP contribution in [0, 0.1) is 0 Å². The summed E-state index contributed by atoms with van der Waals surface area (Å²) in [5, 5.41) is 3.41. The van der Waals surface area contributed by atoms with Gasteiger partial charge in [0.15, 0.2) is 0 Å². The summed E-state index contributed by atoms with van der Waals surface area (Å²) in [5.41, 5.74) is 0.750. The molecular formula is C14H19ClN2O2. The summed E-state index contributed by atoms with van der Waals surface area (Å²) in [6.07, 6.45) is 1.20. The Hall–Kier alpha value is -1.55. The molecule has 0 aliphatic heterocycles. The summed E-state index contributed by atoms with van der Waals surface area (Å²) in [4.78, 5) is 24.7. The molecule has 4 nitrogen and oxygen atoms in total. The lowest BCUT2D eigenvalue weighted by molar-refractivity contribution is -0.121. The number of nitrogens with zero attached hydrogens (tertiary/aromatic N) is 1. The van der Waals surface area contributed by atoms with E-state index in [1.54, 1.807) is 29.2 Å². The van der Waals surface area contributed by atoms with Crippen molar-refractivity contribution in [3.8, 4) is 0 Å². The maximum atomic E-state index is 11.6. The Labute approximate surface area is 118 Å². The highest BCUT2D eigenvalue weighted by molar-refractivity contribution is 6.30. The highest BCUT2D eigenvalue weighted by atomic mass is 35.5. The Kier molecular flexibility index (Phi) is 6.36. The third kappa shape index (κ3) is 5.30. The topological polar surface area (TPSA) is 49.4 Å². The van der Waals surface area contributed by atoms with Gasteiger partial charge in [0, 0.05) is 37.1 Å². The first-order chi connectivity index (χ1) is 9.04. The molecule has 1 rings (SSSR count). The predicted molar refractivity (Wildman–Crippen MR) is 77.4 cm³/mol. The standard InChI is InChI=1S/C14H19ClN2O2/c1-3-9-16-14(19)8-10-17(11(2)18)13-6-4-12(15)5-7-13/h4-7H,3,8-10H2,1-2H3,(H,16,19). The summed E-state index contributed by atoms with van der Waals surface area (Å²) in [6.45, 7) is 4.51. The van der Waals surface area contributed by atoms with Gasteiger partial charge in [-0.15, -0.1) is 0 Å². The summed E-state index contributed by atoms with van der Waals surface area (Å²) in [6, 6.07) is 7.00. The minimum Gasteiger partial charge on any atom is -0.356 e. The van der Waals surface area contributed by atoms with Crippen molar-refractivity contribution in [1.29, 1.82) is 0 Å². The van der Waals surface area contributed by atoms with Gasteiger partial charge in [0.25, 0.3) is 0 Å². The second-order valence-electron chi connectivity index (χ2n) is 4.25. The number of hydrogen-bond donors (Lipinski definition) is 1. The molecule has 0 fully saturated rings. The van der Waals surface area contributed by atoms with Gasteiger partial charge < -0.3 is 10.2 Å². The molecule has 104 valence electrons. The molecule has 0 aliphatic carbocycles. The third-order valence-electron chi connectivity index (χ3n) is 2.65. The van der Waals surface area contributed by atoms with E-state index >= 15 is 0 Å². The van der Waals surface area contributed by atoms with Crippen LogP contribution in [0.4, 0.5) is 5.69 Å². The Morgan fingerprint density at radius 2 is 1.89 bits per heavy atom. The highest BCUT2D eigenvalue weighted by Gasteiger charge is 2.13. The zero-order valence-electron chi connectivity index (χ0n) is 11.3. The van der Waals surface area contributed by atoms with Crippen molar-refractivity contribution in [2.45, 2.75) is 26.7 Å². The molecule has 0 aliphatic rings. The van der Waals surface area contributed by atoms with Crippen LogP contribution in [0.15, 0.2) is 24.3 Å². The molecule has 1 aromatic carbocycles. The molecular weight excluding hydrogens is 264 g/mol. The first-order valence-electron chi connectivity index (χ1n) is 6.35. The molecule has 0 atom stereocenters. The van der Waals surface area contributed by atoms with Gasteiger partial charge >= 0.3 is 0 Å². The fraction of sp³-hybridized carbons (Fsp3) is 0.429. The molecule has 0 radical (unpaired) electrons. The molecule has 19 heavy (non-hydrogen) atoms. The lowest BCUT2D eigenvalue weighted by atomic mass is 10.2. The lowest BCUT2D eigenvalue weighted by Crippen LogP contribution is -2.34. The number of amides is 2. The van der Waals surface area contributed by atoms with Gasteiger partial charge in [0.1, 0.15) is 0 Å². The van der Waals surface area contributed by atoms with Crippen molar-refractivity contribution in [2.75, 3.05) is 18.0 Å². The van der Waals surface area contributed by atoms with Crippen molar-refractivity contribution >= 4 is 29.1 Å². The average molecular weight is 283 g/mol. The Morgan fingerprint density at radius 1 is 1.26 bits per heavy atom. The first-order valence-corrected chi connectivity index (χ1v) is 6.72. The van der Waals surface area contributed by atoms with Crippen LogP contribution >= 0.6 is 11.6 Å². The summed E-state index contributed by atoms with van der Waals surface area (Å²) in [5.74, 6) is -0.132. The van der Waals surface area contributed by atoms with Crippen molar-refractivity contribution < 1.29 is 9.59 Å². The van der Waals surface area contributed by atoms with E-state index in [1.807, 2.05) is 6.92 Å². The van der Waals surface area contributed by atoms with Crippen LogP contribution < -0.4 is 10.2 Å². The highest BCUT2D eigenvalue weighted by Crippen LogP contribution is 2.18. The van der Waals surface area contributed by atoms with Crippen LogP contribution in [-0.4, -0.2) is 24.9 Å². The summed E-state index contributed by atoms with van der Waals surface area (Å²) in [7, 11) is 0. The second kappa shape index (κ2) is 7.79. The van der Waals surface area contributed by atoms with E-state index in [1.165, 1.54) is 6.92 Å². The minimum absolute atomic E-state index is 0.0398. The van der Waals surface area contributed by atoms with Crippen LogP contribution in [0.3, 0.4) is 0 Å². The Balaban J connectivity index is 2.61. The van der Waals surface area contributed by atoms with Crippen LogP contribution in [0.2, 0.25) is 5.02 Å². The smallest absolute Gasteiger partial charge is 0.223 e. The molecule has 1 aromatic rings. The number of halogens is 1. The number of carbonyl (C=O) groups excluding carboxylic acids is 2. The Bertz CT molecular complexity index is 432. The van der Waals surface area contributed by atoms with Crippen molar-refractivity contribution in [2.24, 2.45) is 0 Å². The monoisotopic (exact) mass is 282 g/mol. The molecule has 0 spiro atoms. The normalized spacial score (nSPS) is 10.1. The van der Waals surface area contributed by atoms with Crippen LogP contribution in [0.25, 0.3) is 0 Å². The van der Waals surface area contributed by atoms with Gasteiger partial charge in [0.2, 0.25) is 11.8 Å². The van der Waals surface area contributed by atoms with Crippen LogP contribution in [0.5, 0.6) is 0 Å². The zero-order valence-corrected chi connectivity index (χ0v) is 12.0. The first kappa shape index (κ1) is 15.5. The molecule has 2 amide bonds. The maximum Gasteiger partial charge on any atom is 0.223 e. The number of rotatable bonds is 6. The van der Waals surface area contributed by atoms with Gasteiger partial charge in [0.05, 0.1) is 0 Å². The quantitative estimate of drug-likeness (QED) is 0.872. The average Bonchev–Trinajstić information content (AvgIpc) is 2.38. The zero-order chi connectivity index (χ0) is 14.3. The van der Waals surface area contributed by atoms with Gasteiger partial charge in [-0.05, 0) is 30.7 Å². The number of hydrogen-bond acceptors (Lipinski definition) is 2. The van der Waals surface area contributed by atoms with Gasteiger partial charge in [-0.2, -0.15) is 0 Å². The van der Waals surface area contributed by atoms with E-state index in [2.05, 4.69) is 5.32 Å². The number of nitrogens with one attached hydrogen (secondary N) is 1. The molecule has 0 aromatic heterocycles. The third-order valence-corrected chi connectivity index (χ3v) is 2.91. The Morgan fingerprint density at radius 3 is 2.42 bits per heavy atom. The van der Waals surface area contributed by atoms with E-state index in [0.29, 0.717) is 24.5 Å². The van der Waals surface area contributed by atoms with Crippen molar-refractivity contribution in [1.82, 2.24) is 5.32 Å². The molecule has 0 heterocycles. The second-order valence-corrected chi connectivity index (χ2v) is 4.68. The SMILES string of the molecule is CCCNC(=O)CCN(C(C)=O)c1ccc(Cl)cc1.